The van der Waals surface area contributed by atoms with Gasteiger partial charge < -0.3 is 14.8 Å². The molecule has 1 heterocycles. The van der Waals surface area contributed by atoms with Crippen molar-refractivity contribution in [1.29, 1.82) is 0 Å². The van der Waals surface area contributed by atoms with Gasteiger partial charge in [-0.2, -0.15) is 5.10 Å². The molecule has 11 heteroatoms. The Morgan fingerprint density at radius 3 is 2.82 bits per heavy atom. The fraction of sp³-hybridized carbons (Fsp3) is 0.235. The number of nitrogens with zero attached hydrogens (tertiary/aromatic N) is 3. The number of nitrogens with one attached hydrogen (secondary N) is 1. The van der Waals surface area contributed by atoms with Crippen molar-refractivity contribution in [3.63, 3.8) is 0 Å². The number of benzene rings is 1. The van der Waals surface area contributed by atoms with Gasteiger partial charge in [0.1, 0.15) is 5.82 Å². The van der Waals surface area contributed by atoms with Gasteiger partial charge in [-0.3, -0.25) is 14.9 Å². The molecule has 0 fully saturated rings. The smallest absolute Gasteiger partial charge is 0.332 e. The first-order chi connectivity index (χ1) is 13.3. The predicted octanol–water partition coefficient (Wildman–Crippen LogP) is 2.16. The lowest BCUT2D eigenvalue weighted by Crippen LogP contribution is -2.23. The van der Waals surface area contributed by atoms with Crippen LogP contribution in [0.5, 0.6) is 5.75 Å². The second-order valence-electron chi connectivity index (χ2n) is 5.42. The number of nitro groups is 1. The summed E-state index contributed by atoms with van der Waals surface area (Å²) in [5, 5.41) is 17.4. The molecule has 0 aliphatic heterocycles. The highest BCUT2D eigenvalue weighted by molar-refractivity contribution is 5.94. The summed E-state index contributed by atoms with van der Waals surface area (Å²) in [5.41, 5.74) is -0.107. The molecule has 2 rings (SSSR count). The molecule has 148 valence electrons. The Kier molecular flexibility index (Phi) is 6.79. The number of esters is 1. The van der Waals surface area contributed by atoms with Crippen LogP contribution in [0.2, 0.25) is 0 Å². The second kappa shape index (κ2) is 9.26. The third kappa shape index (κ3) is 5.62. The van der Waals surface area contributed by atoms with Gasteiger partial charge in [0.2, 0.25) is 5.75 Å². The van der Waals surface area contributed by atoms with Gasteiger partial charge in [-0.15, -0.1) is 0 Å². The molecule has 0 aliphatic carbocycles. The predicted molar refractivity (Wildman–Crippen MR) is 93.8 cm³/mol. The Morgan fingerprint density at radius 1 is 1.39 bits per heavy atom. The average Bonchev–Trinajstić information content (AvgIpc) is 3.09. The zero-order valence-corrected chi connectivity index (χ0v) is 15.0. The summed E-state index contributed by atoms with van der Waals surface area (Å²) < 4.78 is 24.5. The van der Waals surface area contributed by atoms with Gasteiger partial charge >= 0.3 is 11.7 Å². The van der Waals surface area contributed by atoms with Crippen molar-refractivity contribution in [2.24, 2.45) is 0 Å². The fourth-order valence-corrected chi connectivity index (χ4v) is 2.08. The molecule has 0 saturated carbocycles. The maximum atomic E-state index is 13.3. The van der Waals surface area contributed by atoms with Gasteiger partial charge in [0.15, 0.2) is 12.4 Å². The van der Waals surface area contributed by atoms with Crippen molar-refractivity contribution < 1.29 is 28.4 Å². The number of halogens is 1. The van der Waals surface area contributed by atoms with Gasteiger partial charge in [-0.05, 0) is 26.0 Å². The van der Waals surface area contributed by atoms with Crippen LogP contribution in [0.15, 0.2) is 42.2 Å². The molecule has 0 bridgehead atoms. The number of carbonyl (C=O) groups excluding carboxylic acids is 2. The zero-order chi connectivity index (χ0) is 20.7. The molecule has 0 radical (unpaired) electrons. The normalized spacial score (nSPS) is 11.0. The molecule has 1 aromatic carbocycles. The molecule has 1 aromatic heterocycles. The Morgan fingerprint density at radius 2 is 2.14 bits per heavy atom. The van der Waals surface area contributed by atoms with E-state index in [1.54, 1.807) is 6.92 Å². The van der Waals surface area contributed by atoms with E-state index in [0.29, 0.717) is 0 Å². The quantitative estimate of drug-likeness (QED) is 0.316. The molecule has 2 aromatic rings. The Bertz CT molecular complexity index is 924. The van der Waals surface area contributed by atoms with Crippen LogP contribution in [0.1, 0.15) is 24.3 Å². The molecular weight excluding hydrogens is 375 g/mol. The number of allylic oxidation sites excluding steroid dienone is 1. The molecule has 0 unspecified atom stereocenters. The standard InChI is InChI=1S/C17H17FN4O6/c1-3-27-16(23)8-11(2)19-17(24)13-6-7-21(20-13)10-28-15-9-12(18)4-5-14(15)22(25)26/h4-9H,3,10H2,1-2H3,(H,19,24)/b11-8+. The van der Waals surface area contributed by atoms with E-state index >= 15 is 0 Å². The van der Waals surface area contributed by atoms with Crippen LogP contribution >= 0.6 is 0 Å². The number of hydrogen-bond donors (Lipinski definition) is 1. The Labute approximate surface area is 158 Å². The van der Waals surface area contributed by atoms with Gasteiger partial charge in [-0.25, -0.2) is 13.9 Å². The average molecular weight is 392 g/mol. The third-order valence-corrected chi connectivity index (χ3v) is 3.28. The molecule has 1 amide bonds. The highest BCUT2D eigenvalue weighted by atomic mass is 19.1. The van der Waals surface area contributed by atoms with Crippen LogP contribution < -0.4 is 10.1 Å². The fourth-order valence-electron chi connectivity index (χ4n) is 2.08. The first kappa shape index (κ1) is 20.6. The van der Waals surface area contributed by atoms with Gasteiger partial charge in [-0.1, -0.05) is 0 Å². The maximum Gasteiger partial charge on any atom is 0.332 e. The summed E-state index contributed by atoms with van der Waals surface area (Å²) in [6.45, 7) is 3.10. The summed E-state index contributed by atoms with van der Waals surface area (Å²) in [5.74, 6) is -2.12. The van der Waals surface area contributed by atoms with Crippen molar-refractivity contribution >= 4 is 17.6 Å². The van der Waals surface area contributed by atoms with Crippen LogP contribution in [0.25, 0.3) is 0 Å². The third-order valence-electron chi connectivity index (χ3n) is 3.28. The number of ether oxygens (including phenoxy) is 2. The van der Waals surface area contributed by atoms with E-state index in [0.717, 1.165) is 24.3 Å². The summed E-state index contributed by atoms with van der Waals surface area (Å²) >= 11 is 0. The monoisotopic (exact) mass is 392 g/mol. The second-order valence-corrected chi connectivity index (χ2v) is 5.42. The van der Waals surface area contributed by atoms with E-state index in [2.05, 4.69) is 10.4 Å². The van der Waals surface area contributed by atoms with Crippen molar-refractivity contribution in [2.45, 2.75) is 20.6 Å². The van der Waals surface area contributed by atoms with Crippen LogP contribution in [0.3, 0.4) is 0 Å². The van der Waals surface area contributed by atoms with Gasteiger partial charge in [0.25, 0.3) is 5.91 Å². The van der Waals surface area contributed by atoms with Crippen LogP contribution in [-0.2, 0) is 16.3 Å². The van der Waals surface area contributed by atoms with Crippen LogP contribution in [-0.4, -0.2) is 33.2 Å². The number of hydrogen-bond acceptors (Lipinski definition) is 7. The Balaban J connectivity index is 2.01. The minimum Gasteiger partial charge on any atom is -0.464 e. The first-order valence-corrected chi connectivity index (χ1v) is 8.06. The van der Waals surface area contributed by atoms with E-state index in [1.807, 2.05) is 0 Å². The highest BCUT2D eigenvalue weighted by Crippen LogP contribution is 2.27. The minimum atomic E-state index is -0.699. The minimum absolute atomic E-state index is 0.0222. The molecule has 0 spiro atoms. The molecule has 10 nitrogen and oxygen atoms in total. The number of rotatable bonds is 8. The van der Waals surface area contributed by atoms with Crippen LogP contribution in [0.4, 0.5) is 10.1 Å². The van der Waals surface area contributed by atoms with E-state index < -0.39 is 28.3 Å². The number of nitro benzene ring substituents is 1. The van der Waals surface area contributed by atoms with Gasteiger partial charge in [0.05, 0.1) is 11.5 Å². The van der Waals surface area contributed by atoms with E-state index in [9.17, 15) is 24.1 Å². The van der Waals surface area contributed by atoms with E-state index in [4.69, 9.17) is 9.47 Å². The van der Waals surface area contributed by atoms with E-state index in [-0.39, 0.29) is 30.5 Å². The van der Waals surface area contributed by atoms with Crippen molar-refractivity contribution in [2.75, 3.05) is 6.61 Å². The van der Waals surface area contributed by atoms with Crippen molar-refractivity contribution in [3.05, 3.63) is 63.9 Å². The highest BCUT2D eigenvalue weighted by Gasteiger charge is 2.17. The lowest BCUT2D eigenvalue weighted by molar-refractivity contribution is -0.386. The topological polar surface area (TPSA) is 126 Å². The lowest BCUT2D eigenvalue weighted by Gasteiger charge is -2.07. The first-order valence-electron chi connectivity index (χ1n) is 8.06. The van der Waals surface area contributed by atoms with E-state index in [1.165, 1.54) is 23.9 Å². The zero-order valence-electron chi connectivity index (χ0n) is 15.0. The Hall–Kier alpha value is -3.76. The summed E-state index contributed by atoms with van der Waals surface area (Å²) in [4.78, 5) is 33.7. The van der Waals surface area contributed by atoms with Crippen LogP contribution in [0, 0.1) is 15.9 Å². The molecule has 1 N–H and O–H groups in total. The largest absolute Gasteiger partial charge is 0.464 e. The molecule has 0 saturated heterocycles. The van der Waals surface area contributed by atoms with Crippen molar-refractivity contribution in [1.82, 2.24) is 15.1 Å². The van der Waals surface area contributed by atoms with Crippen molar-refractivity contribution in [3.8, 4) is 5.75 Å². The SMILES string of the molecule is CCOC(=O)/C=C(\C)NC(=O)c1ccn(COc2cc(F)ccc2[N+](=O)[O-])n1. The lowest BCUT2D eigenvalue weighted by atomic mass is 10.3. The molecule has 28 heavy (non-hydrogen) atoms. The number of aromatic nitrogens is 2. The molecule has 0 aliphatic rings. The summed E-state index contributed by atoms with van der Waals surface area (Å²) in [7, 11) is 0. The summed E-state index contributed by atoms with van der Waals surface area (Å²) in [6, 6.07) is 4.22. The summed E-state index contributed by atoms with van der Waals surface area (Å²) in [6.07, 6.45) is 2.54. The number of carbonyl (C=O) groups is 2. The number of amides is 1. The maximum absolute atomic E-state index is 13.3. The molecule has 0 atom stereocenters. The molecular formula is C17H17FN4O6. The van der Waals surface area contributed by atoms with Gasteiger partial charge in [0, 0.05) is 30.1 Å².